The molecule has 0 spiro atoms. The van der Waals surface area contributed by atoms with Gasteiger partial charge in [-0.3, -0.25) is 4.79 Å². The fraction of sp³-hybridized carbons (Fsp3) is 0.364. The standard InChI is InChI=1S/C11H13ClFNO4/c12-8-2-1-7(4-9(8)13)18-10(11(14)17)3-6(16)5-15/h1-2,4,6,10,15-16H,3,5H2,(H2,14,17)/t6-,10?/m0/s1. The van der Waals surface area contributed by atoms with Gasteiger partial charge in [0, 0.05) is 12.5 Å². The van der Waals surface area contributed by atoms with E-state index in [0.29, 0.717) is 0 Å². The second-order valence-corrected chi connectivity index (χ2v) is 4.06. The van der Waals surface area contributed by atoms with Crippen molar-refractivity contribution >= 4 is 17.5 Å². The first-order chi connectivity index (χ1) is 8.43. The van der Waals surface area contributed by atoms with Gasteiger partial charge in [0.15, 0.2) is 6.10 Å². The fourth-order valence-electron chi connectivity index (χ4n) is 1.26. The molecule has 1 amide bonds. The van der Waals surface area contributed by atoms with E-state index in [2.05, 4.69) is 0 Å². The van der Waals surface area contributed by atoms with Crippen molar-refractivity contribution in [2.75, 3.05) is 6.61 Å². The number of aliphatic hydroxyl groups excluding tert-OH is 2. The van der Waals surface area contributed by atoms with Gasteiger partial charge in [-0.2, -0.15) is 0 Å². The topological polar surface area (TPSA) is 92.8 Å². The third kappa shape index (κ3) is 4.14. The summed E-state index contributed by atoms with van der Waals surface area (Å²) in [7, 11) is 0. The monoisotopic (exact) mass is 277 g/mol. The molecule has 0 aliphatic rings. The van der Waals surface area contributed by atoms with Crippen molar-refractivity contribution in [2.45, 2.75) is 18.6 Å². The van der Waals surface area contributed by atoms with E-state index in [1.807, 2.05) is 0 Å². The second kappa shape index (κ2) is 6.53. The summed E-state index contributed by atoms with van der Waals surface area (Å²) >= 11 is 5.49. The van der Waals surface area contributed by atoms with E-state index in [4.69, 9.17) is 27.2 Å². The molecule has 1 aromatic rings. The van der Waals surface area contributed by atoms with Crippen LogP contribution in [0.4, 0.5) is 4.39 Å². The summed E-state index contributed by atoms with van der Waals surface area (Å²) in [4.78, 5) is 11.1. The van der Waals surface area contributed by atoms with Crippen molar-refractivity contribution in [3.05, 3.63) is 29.0 Å². The molecule has 0 saturated heterocycles. The lowest BCUT2D eigenvalue weighted by Gasteiger charge is -2.18. The first-order valence-electron chi connectivity index (χ1n) is 5.14. The van der Waals surface area contributed by atoms with Crippen LogP contribution in [0.3, 0.4) is 0 Å². The number of primary amides is 1. The molecule has 5 nitrogen and oxygen atoms in total. The Morgan fingerprint density at radius 1 is 1.56 bits per heavy atom. The van der Waals surface area contributed by atoms with Crippen LogP contribution in [0, 0.1) is 5.82 Å². The van der Waals surface area contributed by atoms with E-state index < -0.39 is 30.5 Å². The molecule has 100 valence electrons. The van der Waals surface area contributed by atoms with Crippen LogP contribution < -0.4 is 10.5 Å². The lowest BCUT2D eigenvalue weighted by molar-refractivity contribution is -0.126. The third-order valence-electron chi connectivity index (χ3n) is 2.18. The van der Waals surface area contributed by atoms with Crippen LogP contribution in [0.15, 0.2) is 18.2 Å². The summed E-state index contributed by atoms with van der Waals surface area (Å²) in [6.45, 7) is -0.526. The molecule has 1 aromatic carbocycles. The predicted molar refractivity (Wildman–Crippen MR) is 62.7 cm³/mol. The maximum Gasteiger partial charge on any atom is 0.258 e. The van der Waals surface area contributed by atoms with E-state index in [-0.39, 0.29) is 17.2 Å². The van der Waals surface area contributed by atoms with Crippen molar-refractivity contribution < 1.29 is 24.1 Å². The Kier molecular flexibility index (Phi) is 5.33. The molecule has 7 heteroatoms. The Balaban J connectivity index is 2.76. The molecule has 2 atom stereocenters. The Labute approximate surface area is 108 Å². The van der Waals surface area contributed by atoms with Crippen LogP contribution in [-0.2, 0) is 4.79 Å². The summed E-state index contributed by atoms with van der Waals surface area (Å²) in [5, 5.41) is 17.8. The Morgan fingerprint density at radius 3 is 2.72 bits per heavy atom. The van der Waals surface area contributed by atoms with E-state index >= 15 is 0 Å². The number of hydrogen-bond acceptors (Lipinski definition) is 4. The molecule has 1 rings (SSSR count). The van der Waals surface area contributed by atoms with Gasteiger partial charge >= 0.3 is 0 Å². The van der Waals surface area contributed by atoms with Gasteiger partial charge in [-0.1, -0.05) is 11.6 Å². The highest BCUT2D eigenvalue weighted by atomic mass is 35.5. The van der Waals surface area contributed by atoms with Crippen LogP contribution in [0.25, 0.3) is 0 Å². The third-order valence-corrected chi connectivity index (χ3v) is 2.49. The highest BCUT2D eigenvalue weighted by Gasteiger charge is 2.21. The van der Waals surface area contributed by atoms with E-state index in [1.165, 1.54) is 12.1 Å². The van der Waals surface area contributed by atoms with Crippen molar-refractivity contribution in [3.8, 4) is 5.75 Å². The Hall–Kier alpha value is -1.37. The van der Waals surface area contributed by atoms with Crippen molar-refractivity contribution in [1.82, 2.24) is 0 Å². The fourth-order valence-corrected chi connectivity index (χ4v) is 1.38. The summed E-state index contributed by atoms with van der Waals surface area (Å²) in [6, 6.07) is 3.64. The quantitative estimate of drug-likeness (QED) is 0.704. The van der Waals surface area contributed by atoms with Gasteiger partial charge in [0.2, 0.25) is 0 Å². The van der Waals surface area contributed by atoms with E-state index in [0.717, 1.165) is 6.07 Å². The Morgan fingerprint density at radius 2 is 2.22 bits per heavy atom. The number of amides is 1. The zero-order chi connectivity index (χ0) is 13.7. The minimum atomic E-state index is -1.16. The highest BCUT2D eigenvalue weighted by Crippen LogP contribution is 2.22. The molecule has 0 saturated carbocycles. The molecule has 0 fully saturated rings. The van der Waals surface area contributed by atoms with Crippen LogP contribution >= 0.6 is 11.6 Å². The molecule has 0 aliphatic heterocycles. The first kappa shape index (κ1) is 14.7. The number of benzene rings is 1. The number of hydrogen-bond donors (Lipinski definition) is 3. The average Bonchev–Trinajstić information content (AvgIpc) is 2.32. The molecular weight excluding hydrogens is 265 g/mol. The molecule has 4 N–H and O–H groups in total. The summed E-state index contributed by atoms with van der Waals surface area (Å²) in [6.07, 6.45) is -2.48. The smallest absolute Gasteiger partial charge is 0.258 e. The van der Waals surface area contributed by atoms with Crippen LogP contribution in [0.2, 0.25) is 5.02 Å². The zero-order valence-corrected chi connectivity index (χ0v) is 10.1. The summed E-state index contributed by atoms with van der Waals surface area (Å²) in [5.41, 5.74) is 5.08. The number of carbonyl (C=O) groups excluding carboxylic acids is 1. The lowest BCUT2D eigenvalue weighted by atomic mass is 10.1. The molecule has 18 heavy (non-hydrogen) atoms. The molecule has 1 unspecified atom stereocenters. The molecule has 0 aromatic heterocycles. The van der Waals surface area contributed by atoms with Crippen molar-refractivity contribution in [2.24, 2.45) is 5.73 Å². The molecule has 0 radical (unpaired) electrons. The second-order valence-electron chi connectivity index (χ2n) is 3.66. The van der Waals surface area contributed by atoms with Gasteiger partial charge in [-0.15, -0.1) is 0 Å². The van der Waals surface area contributed by atoms with Gasteiger partial charge in [-0.25, -0.2) is 4.39 Å². The maximum atomic E-state index is 13.1. The minimum absolute atomic E-state index is 0.0610. The van der Waals surface area contributed by atoms with E-state index in [9.17, 15) is 14.3 Å². The number of aliphatic hydroxyl groups is 2. The van der Waals surface area contributed by atoms with E-state index in [1.54, 1.807) is 0 Å². The largest absolute Gasteiger partial charge is 0.480 e. The molecule has 0 heterocycles. The number of rotatable bonds is 6. The van der Waals surface area contributed by atoms with Gasteiger partial charge in [0.05, 0.1) is 17.7 Å². The highest BCUT2D eigenvalue weighted by molar-refractivity contribution is 6.30. The summed E-state index contributed by atoms with van der Waals surface area (Å²) < 4.78 is 18.3. The number of nitrogens with two attached hydrogens (primary N) is 1. The number of carbonyl (C=O) groups is 1. The van der Waals surface area contributed by atoms with Gasteiger partial charge in [0.1, 0.15) is 11.6 Å². The first-order valence-corrected chi connectivity index (χ1v) is 5.51. The van der Waals surface area contributed by atoms with Crippen molar-refractivity contribution in [1.29, 1.82) is 0 Å². The lowest BCUT2D eigenvalue weighted by Crippen LogP contribution is -2.37. The minimum Gasteiger partial charge on any atom is -0.480 e. The maximum absolute atomic E-state index is 13.1. The average molecular weight is 278 g/mol. The predicted octanol–water partition coefficient (Wildman–Crippen LogP) is 0.455. The van der Waals surface area contributed by atoms with Crippen molar-refractivity contribution in [3.63, 3.8) is 0 Å². The normalized spacial score (nSPS) is 14.0. The molecule has 0 bridgehead atoms. The SMILES string of the molecule is NC(=O)C(C[C@H](O)CO)Oc1ccc(Cl)c(F)c1. The number of halogens is 2. The van der Waals surface area contributed by atoms with Gasteiger partial charge in [0.25, 0.3) is 5.91 Å². The van der Waals surface area contributed by atoms with Crippen LogP contribution in [0.5, 0.6) is 5.75 Å². The van der Waals surface area contributed by atoms with Crippen LogP contribution in [-0.4, -0.2) is 34.9 Å². The zero-order valence-electron chi connectivity index (χ0n) is 9.35. The Bertz CT molecular complexity index is 430. The number of ether oxygens (including phenoxy) is 1. The molecule has 0 aliphatic carbocycles. The molecular formula is C11H13ClFNO4. The van der Waals surface area contributed by atoms with Gasteiger partial charge < -0.3 is 20.7 Å². The van der Waals surface area contributed by atoms with Gasteiger partial charge in [-0.05, 0) is 12.1 Å². The summed E-state index contributed by atoms with van der Waals surface area (Å²) in [5.74, 6) is -1.45. The van der Waals surface area contributed by atoms with Crippen LogP contribution in [0.1, 0.15) is 6.42 Å².